The first-order valence-corrected chi connectivity index (χ1v) is 10.9. The van der Waals surface area contributed by atoms with Gasteiger partial charge in [-0.3, -0.25) is 0 Å². The van der Waals surface area contributed by atoms with E-state index in [4.69, 9.17) is 4.52 Å². The van der Waals surface area contributed by atoms with E-state index in [0.717, 1.165) is 18.9 Å². The van der Waals surface area contributed by atoms with Crippen molar-refractivity contribution in [2.45, 2.75) is 18.7 Å². The lowest BCUT2D eigenvalue weighted by atomic mass is 10.0. The van der Waals surface area contributed by atoms with Crippen LogP contribution >= 0.6 is 0 Å². The molecule has 0 aromatic carbocycles. The number of nitrogens with zero attached hydrogens (tertiary/aromatic N) is 7. The standard InChI is InChI=1S/C18H21N7O3S/c1-12-18(13(2)28-22-12)29(26,27)24-9-14-7-23(8-15(14)10-24)16-6-17(20-11-19-16)25-5-3-4-21-25/h3-6,11,14-15H,7-10H2,1-2H3. The molecule has 152 valence electrons. The van der Waals surface area contributed by atoms with E-state index in [1.165, 1.54) is 6.33 Å². The van der Waals surface area contributed by atoms with E-state index in [2.05, 4.69) is 25.1 Å². The molecule has 0 spiro atoms. The van der Waals surface area contributed by atoms with Crippen molar-refractivity contribution in [1.29, 1.82) is 0 Å². The Bertz CT molecular complexity index is 1110. The van der Waals surface area contributed by atoms with Crippen LogP contribution in [0.15, 0.2) is 40.3 Å². The fourth-order valence-corrected chi connectivity index (χ4v) is 6.19. The molecule has 5 rings (SSSR count). The van der Waals surface area contributed by atoms with Crippen molar-refractivity contribution in [1.82, 2.24) is 29.2 Å². The molecule has 2 aliphatic rings. The van der Waals surface area contributed by atoms with Gasteiger partial charge >= 0.3 is 0 Å². The zero-order chi connectivity index (χ0) is 20.2. The maximum Gasteiger partial charge on any atom is 0.248 e. The highest BCUT2D eigenvalue weighted by molar-refractivity contribution is 7.89. The highest BCUT2D eigenvalue weighted by Gasteiger charge is 2.45. The number of fused-ring (bicyclic) bond motifs is 1. The molecule has 0 saturated carbocycles. The highest BCUT2D eigenvalue weighted by atomic mass is 32.2. The number of sulfonamides is 1. The minimum Gasteiger partial charge on any atom is -0.360 e. The van der Waals surface area contributed by atoms with Crippen LogP contribution in [0.1, 0.15) is 11.5 Å². The smallest absolute Gasteiger partial charge is 0.248 e. The van der Waals surface area contributed by atoms with E-state index in [0.29, 0.717) is 30.4 Å². The van der Waals surface area contributed by atoms with Gasteiger partial charge in [0.15, 0.2) is 11.6 Å². The molecule has 2 fully saturated rings. The van der Waals surface area contributed by atoms with Crippen molar-refractivity contribution >= 4 is 15.8 Å². The van der Waals surface area contributed by atoms with Gasteiger partial charge in [0, 0.05) is 44.6 Å². The summed E-state index contributed by atoms with van der Waals surface area (Å²) in [6.07, 6.45) is 5.08. The van der Waals surface area contributed by atoms with Gasteiger partial charge in [-0.25, -0.2) is 23.1 Å². The zero-order valence-corrected chi connectivity index (χ0v) is 16.9. The second-order valence-corrected chi connectivity index (χ2v) is 9.46. The summed E-state index contributed by atoms with van der Waals surface area (Å²) in [5.41, 5.74) is 0.410. The molecule has 3 aromatic heterocycles. The molecule has 0 amide bonds. The van der Waals surface area contributed by atoms with Gasteiger partial charge in [-0.15, -0.1) is 0 Å². The third-order valence-electron chi connectivity index (χ3n) is 5.72. The molecule has 5 heterocycles. The Morgan fingerprint density at radius 3 is 2.41 bits per heavy atom. The largest absolute Gasteiger partial charge is 0.360 e. The maximum atomic E-state index is 13.1. The SMILES string of the molecule is Cc1noc(C)c1S(=O)(=O)N1CC2CN(c3cc(-n4cccn4)ncn3)CC2C1. The van der Waals surface area contributed by atoms with Crippen molar-refractivity contribution in [2.75, 3.05) is 31.1 Å². The molecule has 0 radical (unpaired) electrons. The predicted molar refractivity (Wildman–Crippen MR) is 103 cm³/mol. The first-order chi connectivity index (χ1) is 13.9. The summed E-state index contributed by atoms with van der Waals surface area (Å²) in [6, 6.07) is 3.75. The van der Waals surface area contributed by atoms with Gasteiger partial charge in [0.25, 0.3) is 0 Å². The Labute approximate surface area is 168 Å². The number of aryl methyl sites for hydroxylation is 2. The lowest BCUT2D eigenvalue weighted by Crippen LogP contribution is -2.34. The maximum absolute atomic E-state index is 13.1. The molecule has 10 nitrogen and oxygen atoms in total. The highest BCUT2D eigenvalue weighted by Crippen LogP contribution is 2.37. The van der Waals surface area contributed by atoms with E-state index >= 15 is 0 Å². The van der Waals surface area contributed by atoms with Crippen LogP contribution in [0.4, 0.5) is 5.82 Å². The van der Waals surface area contributed by atoms with Crippen LogP contribution in [0, 0.1) is 25.7 Å². The van der Waals surface area contributed by atoms with Gasteiger partial charge in [-0.1, -0.05) is 5.16 Å². The summed E-state index contributed by atoms with van der Waals surface area (Å²) in [5.74, 6) is 2.40. The lowest BCUT2D eigenvalue weighted by Gasteiger charge is -2.22. The van der Waals surface area contributed by atoms with Crippen LogP contribution in [0.25, 0.3) is 5.82 Å². The van der Waals surface area contributed by atoms with E-state index in [-0.39, 0.29) is 16.7 Å². The van der Waals surface area contributed by atoms with Gasteiger partial charge in [0.1, 0.15) is 22.7 Å². The van der Waals surface area contributed by atoms with Gasteiger partial charge in [0.05, 0.1) is 0 Å². The van der Waals surface area contributed by atoms with E-state index in [1.54, 1.807) is 29.0 Å². The number of aromatic nitrogens is 5. The first-order valence-electron chi connectivity index (χ1n) is 9.43. The Morgan fingerprint density at radius 2 is 1.79 bits per heavy atom. The molecule has 2 saturated heterocycles. The normalized spacial score (nSPS) is 22.3. The monoisotopic (exact) mass is 415 g/mol. The minimum atomic E-state index is -3.60. The Balaban J connectivity index is 1.32. The molecule has 2 unspecified atom stereocenters. The molecule has 2 atom stereocenters. The Hall–Kier alpha value is -2.79. The molecule has 11 heteroatoms. The van der Waals surface area contributed by atoms with E-state index in [1.807, 2.05) is 18.3 Å². The predicted octanol–water partition coefficient (Wildman–Crippen LogP) is 1.02. The fraction of sp³-hybridized carbons (Fsp3) is 0.444. The van der Waals surface area contributed by atoms with E-state index < -0.39 is 10.0 Å². The van der Waals surface area contributed by atoms with Crippen molar-refractivity contribution in [3.63, 3.8) is 0 Å². The number of anilines is 1. The average Bonchev–Trinajstić information content (AvgIpc) is 3.45. The summed E-state index contributed by atoms with van der Waals surface area (Å²) in [7, 11) is -3.60. The summed E-state index contributed by atoms with van der Waals surface area (Å²) in [6.45, 7) is 5.79. The summed E-state index contributed by atoms with van der Waals surface area (Å²) in [5, 5.41) is 8.01. The molecule has 0 aliphatic carbocycles. The third-order valence-corrected chi connectivity index (χ3v) is 7.80. The molecule has 0 N–H and O–H groups in total. The Morgan fingerprint density at radius 1 is 1.07 bits per heavy atom. The fourth-order valence-electron chi connectivity index (χ4n) is 4.35. The molecule has 3 aromatic rings. The van der Waals surface area contributed by atoms with Crippen LogP contribution in [0.2, 0.25) is 0 Å². The van der Waals surface area contributed by atoms with E-state index in [9.17, 15) is 8.42 Å². The third kappa shape index (κ3) is 3.01. The molecule has 0 bridgehead atoms. The van der Waals surface area contributed by atoms with Gasteiger partial charge in [0.2, 0.25) is 10.0 Å². The number of hydrogen-bond acceptors (Lipinski definition) is 8. The topological polar surface area (TPSA) is 110 Å². The Kier molecular flexibility index (Phi) is 4.17. The summed E-state index contributed by atoms with van der Waals surface area (Å²) < 4.78 is 34.5. The second kappa shape index (κ2) is 6.63. The van der Waals surface area contributed by atoms with Crippen molar-refractivity contribution in [2.24, 2.45) is 11.8 Å². The minimum absolute atomic E-state index is 0.203. The lowest BCUT2D eigenvalue weighted by molar-refractivity contribution is 0.389. The van der Waals surface area contributed by atoms with Crippen LogP contribution < -0.4 is 4.90 Å². The van der Waals surface area contributed by atoms with Gasteiger partial charge in [-0.05, 0) is 31.7 Å². The van der Waals surface area contributed by atoms with Crippen molar-refractivity contribution in [3.8, 4) is 5.82 Å². The average molecular weight is 415 g/mol. The van der Waals surface area contributed by atoms with Crippen LogP contribution in [-0.4, -0.2) is 63.8 Å². The first kappa shape index (κ1) is 18.3. The molecule has 29 heavy (non-hydrogen) atoms. The molecular formula is C18H21N7O3S. The number of rotatable bonds is 4. The number of hydrogen-bond donors (Lipinski definition) is 0. The van der Waals surface area contributed by atoms with Crippen LogP contribution in [-0.2, 0) is 10.0 Å². The van der Waals surface area contributed by atoms with Gasteiger partial charge < -0.3 is 9.42 Å². The molecule has 2 aliphatic heterocycles. The summed E-state index contributed by atoms with van der Waals surface area (Å²) in [4.78, 5) is 11.1. The zero-order valence-electron chi connectivity index (χ0n) is 16.1. The van der Waals surface area contributed by atoms with Crippen LogP contribution in [0.5, 0.6) is 0 Å². The second-order valence-electron chi connectivity index (χ2n) is 7.59. The van der Waals surface area contributed by atoms with Crippen LogP contribution in [0.3, 0.4) is 0 Å². The van der Waals surface area contributed by atoms with Gasteiger partial charge in [-0.2, -0.15) is 9.40 Å². The van der Waals surface area contributed by atoms with Crippen molar-refractivity contribution in [3.05, 3.63) is 42.3 Å². The summed E-state index contributed by atoms with van der Waals surface area (Å²) >= 11 is 0. The quantitative estimate of drug-likeness (QED) is 0.621. The van der Waals surface area contributed by atoms with Crippen molar-refractivity contribution < 1.29 is 12.9 Å². The molecular weight excluding hydrogens is 394 g/mol.